The Morgan fingerprint density at radius 2 is 2.19 bits per heavy atom. The summed E-state index contributed by atoms with van der Waals surface area (Å²) < 4.78 is 5.06. The monoisotopic (exact) mass is 259 g/mol. The summed E-state index contributed by atoms with van der Waals surface area (Å²) >= 11 is 11.3. The molecule has 2 nitrogen and oxygen atoms in total. The molecular formula is C12H15Cl2NO. The molecule has 88 valence electrons. The van der Waals surface area contributed by atoms with E-state index in [1.807, 2.05) is 18.2 Å². The van der Waals surface area contributed by atoms with Crippen LogP contribution in [0.4, 0.5) is 5.69 Å². The lowest BCUT2D eigenvalue weighted by molar-refractivity contribution is 0.202. The van der Waals surface area contributed by atoms with Crippen LogP contribution in [0.25, 0.3) is 0 Å². The summed E-state index contributed by atoms with van der Waals surface area (Å²) in [7, 11) is 1.70. The van der Waals surface area contributed by atoms with Crippen molar-refractivity contribution in [2.45, 2.75) is 6.42 Å². The maximum atomic E-state index is 5.81. The van der Waals surface area contributed by atoms with Gasteiger partial charge in [0.1, 0.15) is 0 Å². The van der Waals surface area contributed by atoms with E-state index in [4.69, 9.17) is 27.9 Å². The van der Waals surface area contributed by atoms with E-state index in [1.165, 1.54) is 11.1 Å². The van der Waals surface area contributed by atoms with Gasteiger partial charge in [0.05, 0.1) is 13.2 Å². The molecule has 0 aliphatic carbocycles. The highest BCUT2D eigenvalue weighted by Crippen LogP contribution is 2.16. The first kappa shape index (κ1) is 13.4. The molecule has 1 aromatic rings. The molecule has 0 aliphatic heterocycles. The Balaban J connectivity index is 2.63. The summed E-state index contributed by atoms with van der Waals surface area (Å²) in [6.07, 6.45) is 0.877. The molecule has 0 spiro atoms. The fourth-order valence-corrected chi connectivity index (χ4v) is 1.48. The van der Waals surface area contributed by atoms with Crippen molar-refractivity contribution in [1.29, 1.82) is 0 Å². The molecule has 0 saturated carbocycles. The largest absolute Gasteiger partial charge is 0.384 e. The second kappa shape index (κ2) is 7.55. The first-order valence-corrected chi connectivity index (χ1v) is 5.85. The number of para-hydroxylation sites is 1. The van der Waals surface area contributed by atoms with E-state index in [-0.39, 0.29) is 0 Å². The maximum Gasteiger partial charge on any atom is 0.0516 e. The van der Waals surface area contributed by atoms with Gasteiger partial charge < -0.3 is 10.1 Å². The Morgan fingerprint density at radius 1 is 1.44 bits per heavy atom. The van der Waals surface area contributed by atoms with Gasteiger partial charge >= 0.3 is 0 Å². The summed E-state index contributed by atoms with van der Waals surface area (Å²) in [6, 6.07) is 8.08. The van der Waals surface area contributed by atoms with Crippen molar-refractivity contribution in [2.75, 3.05) is 25.6 Å². The number of rotatable bonds is 6. The molecule has 0 aliphatic rings. The topological polar surface area (TPSA) is 21.3 Å². The van der Waals surface area contributed by atoms with Crippen LogP contribution in [0.2, 0.25) is 0 Å². The zero-order chi connectivity index (χ0) is 11.8. The Labute approximate surface area is 106 Å². The highest BCUT2D eigenvalue weighted by atomic mass is 35.5. The average molecular weight is 260 g/mol. The van der Waals surface area contributed by atoms with Crippen LogP contribution in [0.3, 0.4) is 0 Å². The fraction of sp³-hybridized carbons (Fsp3) is 0.333. The molecule has 0 aromatic heterocycles. The molecule has 4 heteroatoms. The number of halogens is 2. The zero-order valence-corrected chi connectivity index (χ0v) is 10.7. The molecule has 16 heavy (non-hydrogen) atoms. The van der Waals surface area contributed by atoms with Gasteiger partial charge in [-0.05, 0) is 18.1 Å². The lowest BCUT2D eigenvalue weighted by Gasteiger charge is -2.11. The van der Waals surface area contributed by atoms with Gasteiger partial charge in [-0.1, -0.05) is 41.4 Å². The van der Waals surface area contributed by atoms with Crippen LogP contribution >= 0.6 is 23.2 Å². The molecule has 0 heterocycles. The summed E-state index contributed by atoms with van der Waals surface area (Å²) in [5, 5.41) is 3.82. The third-order valence-corrected chi connectivity index (χ3v) is 2.78. The van der Waals surface area contributed by atoms with E-state index in [0.29, 0.717) is 18.2 Å². The van der Waals surface area contributed by atoms with Crippen LogP contribution in [0.1, 0.15) is 5.56 Å². The van der Waals surface area contributed by atoms with Crippen molar-refractivity contribution in [1.82, 2.24) is 0 Å². The number of nitrogens with one attached hydrogen (secondary N) is 1. The number of anilines is 1. The first-order chi connectivity index (χ1) is 7.77. The zero-order valence-electron chi connectivity index (χ0n) is 9.17. The summed E-state index contributed by atoms with van der Waals surface area (Å²) in [4.78, 5) is 0. The lowest BCUT2D eigenvalue weighted by atomic mass is 10.1. The molecule has 0 fully saturated rings. The molecule has 1 N–H and O–H groups in total. The quantitative estimate of drug-likeness (QED) is 0.843. The molecule has 0 bridgehead atoms. The van der Waals surface area contributed by atoms with E-state index in [1.54, 1.807) is 7.11 Å². The molecule has 1 rings (SSSR count). The van der Waals surface area contributed by atoms with Gasteiger partial charge in [-0.3, -0.25) is 0 Å². The Morgan fingerprint density at radius 3 is 2.88 bits per heavy atom. The van der Waals surface area contributed by atoms with Gasteiger partial charge in [0.15, 0.2) is 0 Å². The fourth-order valence-electron chi connectivity index (χ4n) is 1.34. The van der Waals surface area contributed by atoms with E-state index >= 15 is 0 Å². The minimum Gasteiger partial charge on any atom is -0.384 e. The Bertz CT molecular complexity index is 353. The van der Waals surface area contributed by atoms with E-state index < -0.39 is 0 Å². The highest BCUT2D eigenvalue weighted by molar-refractivity contribution is 6.36. The first-order valence-electron chi connectivity index (χ1n) is 5.03. The van der Waals surface area contributed by atoms with Crippen molar-refractivity contribution < 1.29 is 4.74 Å². The Hall–Kier alpha value is -0.700. The molecule has 0 amide bonds. The smallest absolute Gasteiger partial charge is 0.0516 e. The van der Waals surface area contributed by atoms with Crippen LogP contribution in [-0.2, 0) is 11.2 Å². The van der Waals surface area contributed by atoms with E-state index in [0.717, 1.165) is 12.1 Å². The molecular weight excluding hydrogens is 245 g/mol. The molecule has 1 aromatic carbocycles. The van der Waals surface area contributed by atoms with Crippen LogP contribution in [0.15, 0.2) is 34.8 Å². The van der Waals surface area contributed by atoms with Crippen LogP contribution in [0.5, 0.6) is 0 Å². The second-order valence-electron chi connectivity index (χ2n) is 3.31. The second-order valence-corrected chi connectivity index (χ2v) is 4.01. The van der Waals surface area contributed by atoms with Crippen molar-refractivity contribution in [3.05, 3.63) is 40.4 Å². The maximum absolute atomic E-state index is 5.81. The summed E-state index contributed by atoms with van der Waals surface area (Å²) in [6.45, 7) is 1.24. The van der Waals surface area contributed by atoms with E-state index in [2.05, 4.69) is 11.4 Å². The van der Waals surface area contributed by atoms with Crippen LogP contribution in [0, 0.1) is 0 Å². The minimum absolute atomic E-state index is 0.537. The van der Waals surface area contributed by atoms with Gasteiger partial charge in [0.2, 0.25) is 0 Å². The van der Waals surface area contributed by atoms with Gasteiger partial charge in [-0.2, -0.15) is 0 Å². The SMILES string of the molecule is COCCc1ccccc1NC/C(Cl)=C/Cl. The van der Waals surface area contributed by atoms with Gasteiger partial charge in [-0.15, -0.1) is 0 Å². The van der Waals surface area contributed by atoms with E-state index in [9.17, 15) is 0 Å². The van der Waals surface area contributed by atoms with Crippen LogP contribution in [-0.4, -0.2) is 20.3 Å². The van der Waals surface area contributed by atoms with Crippen molar-refractivity contribution in [2.24, 2.45) is 0 Å². The Kier molecular flexibility index (Phi) is 6.31. The third kappa shape index (κ3) is 4.44. The lowest BCUT2D eigenvalue weighted by Crippen LogP contribution is -2.05. The minimum atomic E-state index is 0.537. The van der Waals surface area contributed by atoms with Gasteiger partial charge in [-0.25, -0.2) is 0 Å². The standard InChI is InChI=1S/C12H15Cl2NO/c1-16-7-6-10-4-2-3-5-12(10)15-9-11(14)8-13/h2-5,8,15H,6-7,9H2,1H3/b11-8-. The summed E-state index contributed by atoms with van der Waals surface area (Å²) in [5.41, 5.74) is 3.64. The number of ether oxygens (including phenoxy) is 1. The molecule has 0 atom stereocenters. The molecule has 0 unspecified atom stereocenters. The number of benzene rings is 1. The van der Waals surface area contributed by atoms with Gasteiger partial charge in [0, 0.05) is 23.4 Å². The average Bonchev–Trinajstić information content (AvgIpc) is 2.34. The molecule has 0 radical (unpaired) electrons. The van der Waals surface area contributed by atoms with Crippen molar-refractivity contribution >= 4 is 28.9 Å². The normalized spacial score (nSPS) is 11.6. The highest BCUT2D eigenvalue weighted by Gasteiger charge is 2.01. The van der Waals surface area contributed by atoms with Crippen LogP contribution < -0.4 is 5.32 Å². The van der Waals surface area contributed by atoms with Crippen molar-refractivity contribution in [3.63, 3.8) is 0 Å². The number of hydrogen-bond acceptors (Lipinski definition) is 2. The molecule has 0 saturated heterocycles. The summed E-state index contributed by atoms with van der Waals surface area (Å²) in [5.74, 6) is 0. The van der Waals surface area contributed by atoms with Gasteiger partial charge in [0.25, 0.3) is 0 Å². The third-order valence-electron chi connectivity index (χ3n) is 2.16. The van der Waals surface area contributed by atoms with Crippen molar-refractivity contribution in [3.8, 4) is 0 Å². The predicted molar refractivity (Wildman–Crippen MR) is 70.3 cm³/mol. The number of methoxy groups -OCH3 is 1. The number of hydrogen-bond donors (Lipinski definition) is 1. The predicted octanol–water partition coefficient (Wildman–Crippen LogP) is 3.61.